The van der Waals surface area contributed by atoms with E-state index in [1.54, 1.807) is 11.3 Å². The molecular weight excluding hydrogens is 262 g/mol. The van der Waals surface area contributed by atoms with E-state index in [0.29, 0.717) is 5.82 Å². The van der Waals surface area contributed by atoms with Gasteiger partial charge >= 0.3 is 0 Å². The summed E-state index contributed by atoms with van der Waals surface area (Å²) in [7, 11) is 0. The highest BCUT2D eigenvalue weighted by atomic mass is 79.9. The monoisotopic (exact) mass is 271 g/mol. The molecule has 0 fully saturated rings. The molecule has 0 saturated carbocycles. The average molecular weight is 272 g/mol. The third kappa shape index (κ3) is 1.69. The highest BCUT2D eigenvalue weighted by Crippen LogP contribution is 2.24. The molecule has 0 aliphatic heterocycles. The molecule has 0 aromatic carbocycles. The first-order chi connectivity index (χ1) is 6.68. The summed E-state index contributed by atoms with van der Waals surface area (Å²) in [5.74, 6) is 0.691. The van der Waals surface area contributed by atoms with Crippen molar-refractivity contribution in [2.24, 2.45) is 0 Å². The van der Waals surface area contributed by atoms with Crippen molar-refractivity contribution in [2.75, 3.05) is 5.73 Å². The zero-order valence-corrected chi connectivity index (χ0v) is 10.1. The minimum Gasteiger partial charge on any atom is -0.383 e. The van der Waals surface area contributed by atoms with E-state index in [0.717, 1.165) is 16.7 Å². The maximum Gasteiger partial charge on any atom is 0.136 e. The summed E-state index contributed by atoms with van der Waals surface area (Å²) < 4.78 is 2.71. The number of rotatable bonds is 2. The van der Waals surface area contributed by atoms with Crippen molar-refractivity contribution in [3.63, 3.8) is 0 Å². The maximum absolute atomic E-state index is 5.88. The molecule has 0 radical (unpaired) electrons. The van der Waals surface area contributed by atoms with E-state index < -0.39 is 0 Å². The molecule has 0 bridgehead atoms. The summed E-state index contributed by atoms with van der Waals surface area (Å²) in [5, 5.41) is 6.39. The lowest BCUT2D eigenvalue weighted by Gasteiger charge is -2.00. The minimum absolute atomic E-state index is 0.691. The van der Waals surface area contributed by atoms with Crippen LogP contribution in [-0.2, 0) is 6.54 Å². The number of halogens is 1. The van der Waals surface area contributed by atoms with Crippen LogP contribution in [0.15, 0.2) is 22.0 Å². The summed E-state index contributed by atoms with van der Waals surface area (Å²) >= 11 is 5.11. The van der Waals surface area contributed by atoms with Gasteiger partial charge in [0.15, 0.2) is 0 Å². The van der Waals surface area contributed by atoms with Crippen molar-refractivity contribution in [3.8, 4) is 0 Å². The van der Waals surface area contributed by atoms with Gasteiger partial charge in [-0.25, -0.2) is 4.68 Å². The largest absolute Gasteiger partial charge is 0.383 e. The fourth-order valence-corrected chi connectivity index (χ4v) is 2.22. The van der Waals surface area contributed by atoms with E-state index in [1.165, 1.54) is 4.88 Å². The summed E-state index contributed by atoms with van der Waals surface area (Å²) in [4.78, 5) is 1.26. The van der Waals surface area contributed by atoms with Gasteiger partial charge in [-0.2, -0.15) is 5.10 Å². The molecule has 0 saturated heterocycles. The van der Waals surface area contributed by atoms with Crippen LogP contribution >= 0.6 is 27.3 Å². The molecule has 0 amide bonds. The van der Waals surface area contributed by atoms with Gasteiger partial charge in [0, 0.05) is 4.88 Å². The van der Waals surface area contributed by atoms with Crippen molar-refractivity contribution in [2.45, 2.75) is 13.5 Å². The van der Waals surface area contributed by atoms with Gasteiger partial charge in [0.25, 0.3) is 0 Å². The van der Waals surface area contributed by atoms with Gasteiger partial charge < -0.3 is 5.73 Å². The lowest BCUT2D eigenvalue weighted by atomic mass is 10.4. The molecule has 0 aliphatic carbocycles. The van der Waals surface area contributed by atoms with Crippen LogP contribution in [0.4, 0.5) is 5.82 Å². The quantitative estimate of drug-likeness (QED) is 0.913. The van der Waals surface area contributed by atoms with Crippen molar-refractivity contribution in [1.29, 1.82) is 0 Å². The minimum atomic E-state index is 0.691. The zero-order chi connectivity index (χ0) is 10.1. The number of aromatic nitrogens is 2. The van der Waals surface area contributed by atoms with Crippen molar-refractivity contribution < 1.29 is 0 Å². The van der Waals surface area contributed by atoms with Crippen molar-refractivity contribution in [1.82, 2.24) is 9.78 Å². The Kier molecular flexibility index (Phi) is 2.60. The van der Waals surface area contributed by atoms with Gasteiger partial charge in [-0.15, -0.1) is 11.3 Å². The van der Waals surface area contributed by atoms with E-state index >= 15 is 0 Å². The zero-order valence-electron chi connectivity index (χ0n) is 7.70. The molecule has 0 spiro atoms. The Labute approximate surface area is 94.7 Å². The van der Waals surface area contributed by atoms with Crippen LogP contribution in [0.2, 0.25) is 0 Å². The average Bonchev–Trinajstić information content (AvgIpc) is 2.73. The SMILES string of the molecule is Cc1nn(Cc2cccs2)c(N)c1Br. The fourth-order valence-electron chi connectivity index (χ4n) is 1.25. The van der Waals surface area contributed by atoms with E-state index in [2.05, 4.69) is 32.5 Å². The summed E-state index contributed by atoms with van der Waals surface area (Å²) in [6, 6.07) is 4.11. The van der Waals surface area contributed by atoms with Gasteiger partial charge in [0.05, 0.1) is 16.7 Å². The lowest BCUT2D eigenvalue weighted by molar-refractivity contribution is 0.697. The molecule has 0 atom stereocenters. The molecule has 0 aliphatic rings. The molecule has 3 nitrogen and oxygen atoms in total. The number of thiophene rings is 1. The van der Waals surface area contributed by atoms with E-state index in [1.807, 2.05) is 17.7 Å². The van der Waals surface area contributed by atoms with Crippen LogP contribution in [0.3, 0.4) is 0 Å². The highest BCUT2D eigenvalue weighted by Gasteiger charge is 2.09. The third-order valence-electron chi connectivity index (χ3n) is 1.98. The van der Waals surface area contributed by atoms with Crippen LogP contribution in [0.1, 0.15) is 10.6 Å². The molecule has 14 heavy (non-hydrogen) atoms. The molecule has 2 N–H and O–H groups in total. The Morgan fingerprint density at radius 3 is 2.93 bits per heavy atom. The smallest absolute Gasteiger partial charge is 0.136 e. The summed E-state index contributed by atoms with van der Waals surface area (Å²) in [6.07, 6.45) is 0. The predicted octanol–water partition coefficient (Wildman–Crippen LogP) is 2.65. The Balaban J connectivity index is 2.30. The molecule has 74 valence electrons. The Bertz CT molecular complexity index is 433. The summed E-state index contributed by atoms with van der Waals surface area (Å²) in [5.41, 5.74) is 6.81. The number of anilines is 1. The van der Waals surface area contributed by atoms with Crippen molar-refractivity contribution >= 4 is 33.1 Å². The molecule has 2 heterocycles. The second-order valence-corrected chi connectivity index (χ2v) is 4.85. The van der Waals surface area contributed by atoms with Gasteiger partial charge in [-0.1, -0.05) is 6.07 Å². The Hall–Kier alpha value is -0.810. The molecule has 0 unspecified atom stereocenters. The number of nitrogens with two attached hydrogens (primary N) is 1. The highest BCUT2D eigenvalue weighted by molar-refractivity contribution is 9.10. The van der Waals surface area contributed by atoms with E-state index in [-0.39, 0.29) is 0 Å². The third-order valence-corrected chi connectivity index (χ3v) is 3.82. The standard InChI is InChI=1S/C9H10BrN3S/c1-6-8(10)9(11)13(12-6)5-7-3-2-4-14-7/h2-4H,5,11H2,1H3. The Morgan fingerprint density at radius 1 is 1.64 bits per heavy atom. The van der Waals surface area contributed by atoms with Crippen LogP contribution in [0.25, 0.3) is 0 Å². The molecule has 2 rings (SSSR count). The molecular formula is C9H10BrN3S. The second kappa shape index (κ2) is 3.74. The van der Waals surface area contributed by atoms with E-state index in [9.17, 15) is 0 Å². The fraction of sp³-hybridized carbons (Fsp3) is 0.222. The second-order valence-electron chi connectivity index (χ2n) is 3.02. The molecule has 2 aromatic rings. The lowest BCUT2D eigenvalue weighted by Crippen LogP contribution is -2.04. The number of nitrogens with zero attached hydrogens (tertiary/aromatic N) is 2. The first-order valence-electron chi connectivity index (χ1n) is 4.19. The van der Waals surface area contributed by atoms with Crippen LogP contribution in [-0.4, -0.2) is 9.78 Å². The van der Waals surface area contributed by atoms with Gasteiger partial charge in [-0.3, -0.25) is 0 Å². The van der Waals surface area contributed by atoms with Crippen LogP contribution in [0.5, 0.6) is 0 Å². The Morgan fingerprint density at radius 2 is 2.43 bits per heavy atom. The molecule has 5 heteroatoms. The van der Waals surface area contributed by atoms with Crippen LogP contribution in [0, 0.1) is 6.92 Å². The predicted molar refractivity (Wildman–Crippen MR) is 62.5 cm³/mol. The normalized spacial score (nSPS) is 10.7. The van der Waals surface area contributed by atoms with Crippen LogP contribution < -0.4 is 5.73 Å². The topological polar surface area (TPSA) is 43.8 Å². The first-order valence-corrected chi connectivity index (χ1v) is 5.86. The summed E-state index contributed by atoms with van der Waals surface area (Å²) in [6.45, 7) is 2.68. The maximum atomic E-state index is 5.88. The number of nitrogen functional groups attached to an aromatic ring is 1. The molecule has 2 aromatic heterocycles. The van der Waals surface area contributed by atoms with Gasteiger partial charge in [0.1, 0.15) is 5.82 Å². The first kappa shape index (κ1) is 9.73. The number of aryl methyl sites for hydroxylation is 1. The van der Waals surface area contributed by atoms with Crippen molar-refractivity contribution in [3.05, 3.63) is 32.6 Å². The number of hydrogen-bond acceptors (Lipinski definition) is 3. The van der Waals surface area contributed by atoms with E-state index in [4.69, 9.17) is 5.73 Å². The van der Waals surface area contributed by atoms with Gasteiger partial charge in [-0.05, 0) is 34.3 Å². The van der Waals surface area contributed by atoms with Gasteiger partial charge in [0.2, 0.25) is 0 Å². The number of hydrogen-bond donors (Lipinski definition) is 1.